The highest BCUT2D eigenvalue weighted by Crippen LogP contribution is 2.26. The van der Waals surface area contributed by atoms with Gasteiger partial charge in [-0.15, -0.1) is 0 Å². The number of hydrogen-bond acceptors (Lipinski definition) is 15. The second-order valence-corrected chi connectivity index (χ2v) is 17.3. The minimum absolute atomic E-state index is 0.110. The molecular formula is C51H86O15. The lowest BCUT2D eigenvalue weighted by molar-refractivity contribution is -0.332. The summed E-state index contributed by atoms with van der Waals surface area (Å²) in [5.41, 5.74) is 0. The summed E-state index contributed by atoms with van der Waals surface area (Å²) < 4.78 is 33.5. The molecule has 15 nitrogen and oxygen atoms in total. The van der Waals surface area contributed by atoms with Crippen LogP contribution in [0.5, 0.6) is 0 Å². The van der Waals surface area contributed by atoms with E-state index in [1.165, 1.54) is 44.9 Å². The van der Waals surface area contributed by atoms with Gasteiger partial charge >= 0.3 is 11.9 Å². The maximum absolute atomic E-state index is 13.0. The van der Waals surface area contributed by atoms with Gasteiger partial charge in [0.05, 0.1) is 19.8 Å². The Balaban J connectivity index is 1.85. The summed E-state index contributed by atoms with van der Waals surface area (Å²) in [6, 6.07) is 0. The Labute approximate surface area is 394 Å². The first-order valence-electron chi connectivity index (χ1n) is 24.9. The van der Waals surface area contributed by atoms with E-state index in [1.807, 2.05) is 0 Å². The van der Waals surface area contributed by atoms with Crippen LogP contribution in [-0.4, -0.2) is 142 Å². The van der Waals surface area contributed by atoms with Crippen LogP contribution in [0, 0.1) is 0 Å². The van der Waals surface area contributed by atoms with Crippen LogP contribution in [0.4, 0.5) is 0 Å². The van der Waals surface area contributed by atoms with Gasteiger partial charge in [0.25, 0.3) is 0 Å². The predicted octanol–water partition coefficient (Wildman–Crippen LogP) is 6.49. The van der Waals surface area contributed by atoms with E-state index in [0.29, 0.717) is 12.8 Å². The first-order valence-corrected chi connectivity index (χ1v) is 24.9. The van der Waals surface area contributed by atoms with E-state index >= 15 is 0 Å². The number of ether oxygens (including phenoxy) is 6. The van der Waals surface area contributed by atoms with Crippen LogP contribution < -0.4 is 0 Å². The van der Waals surface area contributed by atoms with Crippen LogP contribution in [0.15, 0.2) is 60.8 Å². The molecule has 380 valence electrons. The van der Waals surface area contributed by atoms with Gasteiger partial charge in [0, 0.05) is 12.8 Å². The van der Waals surface area contributed by atoms with Crippen molar-refractivity contribution in [3.63, 3.8) is 0 Å². The number of carbonyl (C=O) groups excluding carboxylic acids is 2. The average Bonchev–Trinajstić information content (AvgIpc) is 3.31. The molecule has 15 heteroatoms. The summed E-state index contributed by atoms with van der Waals surface area (Å²) in [6.45, 7) is 2.40. The topological polar surface area (TPSA) is 231 Å². The Hall–Kier alpha value is -2.80. The molecule has 2 aliphatic rings. The summed E-state index contributed by atoms with van der Waals surface area (Å²) in [5.74, 6) is -0.983. The van der Waals surface area contributed by atoms with Crippen molar-refractivity contribution in [2.24, 2.45) is 0 Å². The average molecular weight is 939 g/mol. The number of unbranched alkanes of at least 4 members (excludes halogenated alkanes) is 13. The largest absolute Gasteiger partial charge is 0.462 e. The first kappa shape index (κ1) is 59.3. The van der Waals surface area contributed by atoms with Crippen LogP contribution in [0.3, 0.4) is 0 Å². The van der Waals surface area contributed by atoms with Crippen LogP contribution >= 0.6 is 0 Å². The molecule has 0 aromatic carbocycles. The molecule has 11 atom stereocenters. The van der Waals surface area contributed by atoms with Crippen molar-refractivity contribution in [3.05, 3.63) is 60.8 Å². The third kappa shape index (κ3) is 26.1. The van der Waals surface area contributed by atoms with Gasteiger partial charge < -0.3 is 64.2 Å². The minimum atomic E-state index is -1.77. The molecule has 2 aliphatic heterocycles. The zero-order valence-corrected chi connectivity index (χ0v) is 39.9. The monoisotopic (exact) mass is 939 g/mol. The van der Waals surface area contributed by atoms with Gasteiger partial charge in [-0.1, -0.05) is 126 Å². The van der Waals surface area contributed by atoms with Crippen LogP contribution in [0.1, 0.15) is 155 Å². The summed E-state index contributed by atoms with van der Waals surface area (Å²) >= 11 is 0. The molecule has 0 amide bonds. The Kier molecular flexibility index (Phi) is 34.2. The quantitative estimate of drug-likeness (QED) is 0.0201. The highest BCUT2D eigenvalue weighted by atomic mass is 16.7. The molecule has 0 aromatic heterocycles. The summed E-state index contributed by atoms with van der Waals surface area (Å²) in [7, 11) is 0. The number of hydrogen-bond donors (Lipinski definition) is 7. The molecule has 0 spiro atoms. The fraction of sp³-hybridized carbons (Fsp3) is 0.765. The lowest BCUT2D eigenvalue weighted by Crippen LogP contribution is -2.61. The van der Waals surface area contributed by atoms with Crippen molar-refractivity contribution in [1.29, 1.82) is 0 Å². The highest BCUT2D eigenvalue weighted by molar-refractivity contribution is 5.70. The van der Waals surface area contributed by atoms with Gasteiger partial charge in [-0.05, 0) is 77.0 Å². The summed E-state index contributed by atoms with van der Waals surface area (Å²) in [4.78, 5) is 25.7. The van der Waals surface area contributed by atoms with E-state index in [-0.39, 0.29) is 19.4 Å². The van der Waals surface area contributed by atoms with Crippen LogP contribution in [0.25, 0.3) is 0 Å². The molecule has 0 aliphatic carbocycles. The van der Waals surface area contributed by atoms with Crippen LogP contribution in [0.2, 0.25) is 0 Å². The summed E-state index contributed by atoms with van der Waals surface area (Å²) in [5, 5.41) is 72.0. The SMILES string of the molecule is CC/C=C/C/C=C/C/C=C/C/C=C/CCCCC(=O)O[C@H](COC(=O)CCCCCCCCC/C=C/CCCCCC)CO[C@@H]1O[C@H](CO[C@@H]2O[C@H](CO)[C@H](O)C(O)C2O)[C@H](O)C(O)C1O. The fourth-order valence-electron chi connectivity index (χ4n) is 7.38. The zero-order chi connectivity index (χ0) is 48.2. The van der Waals surface area contributed by atoms with Gasteiger partial charge in [-0.2, -0.15) is 0 Å². The van der Waals surface area contributed by atoms with E-state index < -0.39 is 99.3 Å². The number of esters is 2. The van der Waals surface area contributed by atoms with E-state index in [0.717, 1.165) is 70.6 Å². The number of aliphatic hydroxyl groups excluding tert-OH is 7. The lowest BCUT2D eigenvalue weighted by Gasteiger charge is -2.42. The number of carbonyl (C=O) groups is 2. The molecule has 0 aromatic rings. The predicted molar refractivity (Wildman–Crippen MR) is 252 cm³/mol. The Morgan fingerprint density at radius 3 is 1.55 bits per heavy atom. The minimum Gasteiger partial charge on any atom is -0.462 e. The van der Waals surface area contributed by atoms with Crippen molar-refractivity contribution in [2.45, 2.75) is 223 Å². The molecule has 66 heavy (non-hydrogen) atoms. The third-order valence-electron chi connectivity index (χ3n) is 11.5. The molecule has 2 saturated heterocycles. The van der Waals surface area contributed by atoms with Crippen molar-refractivity contribution in [2.75, 3.05) is 26.4 Å². The molecule has 2 heterocycles. The van der Waals surface area contributed by atoms with Crippen molar-refractivity contribution in [3.8, 4) is 0 Å². The standard InChI is InChI=1S/C51H86O15/c1-3-5-7-9-11-13-15-17-19-21-23-25-27-29-31-33-42(53)61-36-39(64-43(54)34-32-30-28-26-24-22-20-18-16-14-12-10-8-6-4-2)37-62-50-49(60)47(58)45(56)41(66-50)38-63-51-48(59)46(57)44(55)40(35-52)65-51/h6,8,12-15,18,20,24,26,39-41,44-52,55-60H,3-5,7,9-11,16-17,19,21-23,25,27-38H2,1-2H3/b8-6+,14-12+,15-13+,20-18+,26-24+/t39-,40-,41-,44+,45+,46?,47?,48?,49?,50-,51-/m1/s1. The third-order valence-corrected chi connectivity index (χ3v) is 11.5. The molecule has 0 radical (unpaired) electrons. The molecule has 2 rings (SSSR count). The normalized spacial score (nSPS) is 26.7. The molecule has 2 fully saturated rings. The number of aliphatic hydroxyl groups is 7. The lowest BCUT2D eigenvalue weighted by atomic mass is 9.98. The maximum Gasteiger partial charge on any atom is 0.306 e. The Morgan fingerprint density at radius 2 is 0.955 bits per heavy atom. The smallest absolute Gasteiger partial charge is 0.306 e. The van der Waals surface area contributed by atoms with Crippen molar-refractivity contribution >= 4 is 11.9 Å². The molecule has 0 saturated carbocycles. The van der Waals surface area contributed by atoms with E-state index in [4.69, 9.17) is 28.4 Å². The molecular weight excluding hydrogens is 853 g/mol. The second-order valence-electron chi connectivity index (χ2n) is 17.3. The van der Waals surface area contributed by atoms with Crippen LogP contribution in [-0.2, 0) is 38.0 Å². The van der Waals surface area contributed by atoms with Gasteiger partial charge in [-0.3, -0.25) is 9.59 Å². The summed E-state index contributed by atoms with van der Waals surface area (Å²) in [6.07, 6.45) is 25.4. The number of rotatable bonds is 37. The van der Waals surface area contributed by atoms with E-state index in [9.17, 15) is 45.3 Å². The first-order chi connectivity index (χ1) is 32.0. The molecule has 4 unspecified atom stereocenters. The van der Waals surface area contributed by atoms with Gasteiger partial charge in [-0.25, -0.2) is 0 Å². The molecule has 0 bridgehead atoms. The second kappa shape index (κ2) is 38.1. The van der Waals surface area contributed by atoms with E-state index in [1.54, 1.807) is 0 Å². The van der Waals surface area contributed by atoms with E-state index in [2.05, 4.69) is 74.6 Å². The Bertz CT molecular complexity index is 1380. The Morgan fingerprint density at radius 1 is 0.500 bits per heavy atom. The fourth-order valence-corrected chi connectivity index (χ4v) is 7.38. The van der Waals surface area contributed by atoms with Crippen molar-refractivity contribution in [1.82, 2.24) is 0 Å². The zero-order valence-electron chi connectivity index (χ0n) is 39.9. The highest BCUT2D eigenvalue weighted by Gasteiger charge is 2.47. The maximum atomic E-state index is 13.0. The van der Waals surface area contributed by atoms with Gasteiger partial charge in [0.15, 0.2) is 18.7 Å². The molecule has 7 N–H and O–H groups in total. The number of allylic oxidation sites excluding steroid dienone is 10. The van der Waals surface area contributed by atoms with Crippen molar-refractivity contribution < 1.29 is 73.8 Å². The van der Waals surface area contributed by atoms with Gasteiger partial charge in [0.1, 0.15) is 55.4 Å². The van der Waals surface area contributed by atoms with Gasteiger partial charge in [0.2, 0.25) is 0 Å².